The van der Waals surface area contributed by atoms with E-state index < -0.39 is 0 Å². The second-order valence-corrected chi connectivity index (χ2v) is 8.34. The van der Waals surface area contributed by atoms with Crippen LogP contribution in [0.15, 0.2) is 46.9 Å². The summed E-state index contributed by atoms with van der Waals surface area (Å²) in [5, 5.41) is 9.52. The number of ketones is 1. The zero-order valence-corrected chi connectivity index (χ0v) is 16.4. The lowest BCUT2D eigenvalue weighted by atomic mass is 9.82. The largest absolute Gasteiger partial charge is 0.393 e. The van der Waals surface area contributed by atoms with Crippen LogP contribution in [0.1, 0.15) is 35.2 Å². The fraction of sp³-hybridized carbons (Fsp3) is 0.409. The average molecular weight is 414 g/mol. The van der Waals surface area contributed by atoms with Crippen LogP contribution < -0.4 is 0 Å². The molecule has 4 aliphatic rings. The van der Waals surface area contributed by atoms with Gasteiger partial charge in [-0.15, -0.1) is 0 Å². The zero-order valence-electron chi connectivity index (χ0n) is 14.8. The van der Waals surface area contributed by atoms with Gasteiger partial charge in [0, 0.05) is 35.6 Å². The van der Waals surface area contributed by atoms with E-state index in [9.17, 15) is 9.90 Å². The number of Topliss-reactive ketones (excluding diaryl/α,β-unsaturated/α-hetero) is 1. The van der Waals surface area contributed by atoms with Crippen molar-refractivity contribution in [3.05, 3.63) is 58.1 Å². The Morgan fingerprint density at radius 1 is 1.04 bits per heavy atom. The fourth-order valence-electron chi connectivity index (χ4n) is 3.96. The predicted octanol–water partition coefficient (Wildman–Crippen LogP) is 4.32. The maximum atomic E-state index is 12.5. The molecule has 0 spiro atoms. The lowest BCUT2D eigenvalue weighted by Crippen LogP contribution is -2.41. The Hall–Kier alpha value is -1.49. The highest BCUT2D eigenvalue weighted by atomic mass is 79.9. The molecule has 1 aliphatic heterocycles. The summed E-state index contributed by atoms with van der Waals surface area (Å²) in [6.07, 6.45) is 3.53. The van der Waals surface area contributed by atoms with Gasteiger partial charge >= 0.3 is 0 Å². The lowest BCUT2D eigenvalue weighted by Gasteiger charge is -2.33. The van der Waals surface area contributed by atoms with Crippen molar-refractivity contribution in [1.29, 1.82) is 0 Å². The van der Waals surface area contributed by atoms with Crippen LogP contribution >= 0.6 is 15.9 Å². The molecule has 1 aromatic carbocycles. The monoisotopic (exact) mass is 413 g/mol. The molecule has 26 heavy (non-hydrogen) atoms. The van der Waals surface area contributed by atoms with Crippen molar-refractivity contribution in [3.8, 4) is 11.1 Å². The van der Waals surface area contributed by atoms with Crippen molar-refractivity contribution >= 4 is 21.7 Å². The first kappa shape index (κ1) is 17.9. The minimum atomic E-state index is -0.140. The Labute approximate surface area is 163 Å². The molecule has 136 valence electrons. The van der Waals surface area contributed by atoms with E-state index in [2.05, 4.69) is 45.1 Å². The van der Waals surface area contributed by atoms with Crippen molar-refractivity contribution in [2.45, 2.75) is 31.8 Å². The molecule has 1 unspecified atom stereocenters. The van der Waals surface area contributed by atoms with Gasteiger partial charge in [0.25, 0.3) is 0 Å². The first-order valence-electron chi connectivity index (χ1n) is 9.44. The zero-order chi connectivity index (χ0) is 18.1. The molecule has 1 heterocycles. The van der Waals surface area contributed by atoms with Crippen LogP contribution in [0.25, 0.3) is 11.1 Å². The van der Waals surface area contributed by atoms with Crippen LogP contribution in [0.2, 0.25) is 0 Å². The number of halogens is 1. The van der Waals surface area contributed by atoms with Crippen molar-refractivity contribution < 1.29 is 9.90 Å². The molecule has 1 fully saturated rings. The van der Waals surface area contributed by atoms with Gasteiger partial charge in [-0.1, -0.05) is 46.3 Å². The first-order valence-corrected chi connectivity index (χ1v) is 10.2. The van der Waals surface area contributed by atoms with E-state index in [-0.39, 0.29) is 12.0 Å². The standard InChI is InChI=1S/C16H21NO2.C6H3Br/c18-14-7-9-17(10-8-14)11-13-6-5-12-3-1-2-4-15(12)16(13)19;7-6-2-1-4-3-5(4)6/h1-4,13-14,18H,5-11H2;1-3H. The number of benzene rings is 2. The van der Waals surface area contributed by atoms with Crippen molar-refractivity contribution in [2.75, 3.05) is 19.6 Å². The smallest absolute Gasteiger partial charge is 0.167 e. The third kappa shape index (κ3) is 3.93. The molecule has 1 saturated heterocycles. The van der Waals surface area contributed by atoms with Crippen LogP contribution in [-0.2, 0) is 6.42 Å². The molecule has 1 N–H and O–H groups in total. The first-order chi connectivity index (χ1) is 12.6. The quantitative estimate of drug-likeness (QED) is 0.679. The van der Waals surface area contributed by atoms with E-state index in [1.807, 2.05) is 18.2 Å². The third-order valence-electron chi connectivity index (χ3n) is 5.65. The number of hydrogen-bond acceptors (Lipinski definition) is 3. The summed E-state index contributed by atoms with van der Waals surface area (Å²) in [6, 6.07) is 14.3. The summed E-state index contributed by atoms with van der Waals surface area (Å²) in [5.41, 5.74) is 4.92. The summed E-state index contributed by atoms with van der Waals surface area (Å²) >= 11 is 3.39. The van der Waals surface area contributed by atoms with Crippen LogP contribution in [0, 0.1) is 5.92 Å². The SMILES string of the molecule is Brc1ccc2cc1-2.O=C1c2ccccc2CCC1CN1CCC(O)CC1. The number of hydrogen-bond donors (Lipinski definition) is 1. The summed E-state index contributed by atoms with van der Waals surface area (Å²) in [7, 11) is 0. The van der Waals surface area contributed by atoms with Crippen LogP contribution in [0.5, 0.6) is 0 Å². The van der Waals surface area contributed by atoms with Crippen molar-refractivity contribution in [3.63, 3.8) is 0 Å². The number of piperidine rings is 1. The number of aliphatic hydroxyl groups excluding tert-OH is 1. The molecule has 0 aromatic heterocycles. The summed E-state index contributed by atoms with van der Waals surface area (Å²) in [5.74, 6) is 0.457. The van der Waals surface area contributed by atoms with Gasteiger partial charge < -0.3 is 10.0 Å². The topological polar surface area (TPSA) is 40.5 Å². The van der Waals surface area contributed by atoms with Gasteiger partial charge in [0.15, 0.2) is 5.78 Å². The molecule has 3 nitrogen and oxygen atoms in total. The van der Waals surface area contributed by atoms with Gasteiger partial charge in [-0.3, -0.25) is 4.79 Å². The highest BCUT2D eigenvalue weighted by molar-refractivity contribution is 9.10. The molecule has 0 radical (unpaired) electrons. The second kappa shape index (κ2) is 7.63. The molecule has 5 rings (SSSR count). The number of aryl methyl sites for hydroxylation is 1. The molecule has 4 heteroatoms. The van der Waals surface area contributed by atoms with Crippen LogP contribution in [0.4, 0.5) is 0 Å². The molecule has 1 atom stereocenters. The minimum Gasteiger partial charge on any atom is -0.393 e. The van der Waals surface area contributed by atoms with Gasteiger partial charge in [-0.2, -0.15) is 0 Å². The van der Waals surface area contributed by atoms with E-state index in [0.29, 0.717) is 5.78 Å². The summed E-state index contributed by atoms with van der Waals surface area (Å²) in [6.45, 7) is 2.71. The molecule has 3 aliphatic carbocycles. The predicted molar refractivity (Wildman–Crippen MR) is 107 cm³/mol. The fourth-order valence-corrected chi connectivity index (χ4v) is 4.44. The molecule has 0 saturated carbocycles. The maximum Gasteiger partial charge on any atom is 0.167 e. The molecular weight excluding hydrogens is 390 g/mol. The maximum absolute atomic E-state index is 12.5. The van der Waals surface area contributed by atoms with Gasteiger partial charge in [0.05, 0.1) is 6.10 Å². The van der Waals surface area contributed by atoms with Crippen LogP contribution in [-0.4, -0.2) is 41.5 Å². The number of rotatable bonds is 2. The lowest BCUT2D eigenvalue weighted by molar-refractivity contribution is 0.0659. The van der Waals surface area contributed by atoms with Gasteiger partial charge in [-0.05, 0) is 54.5 Å². The average Bonchev–Trinajstić information content (AvgIpc) is 3.37. The Morgan fingerprint density at radius 3 is 2.42 bits per heavy atom. The number of aliphatic hydroxyl groups is 1. The van der Waals surface area contributed by atoms with E-state index in [4.69, 9.17) is 0 Å². The summed E-state index contributed by atoms with van der Waals surface area (Å²) < 4.78 is 1.24. The summed E-state index contributed by atoms with van der Waals surface area (Å²) in [4.78, 5) is 14.8. The van der Waals surface area contributed by atoms with Crippen LogP contribution in [0.3, 0.4) is 0 Å². The highest BCUT2D eigenvalue weighted by Gasteiger charge is 2.29. The molecular formula is C22H24BrNO2. The number of likely N-dealkylation sites (tertiary alicyclic amines) is 1. The number of carbonyl (C=O) groups excluding carboxylic acids is 1. The number of nitrogens with zero attached hydrogens (tertiary/aromatic N) is 1. The Morgan fingerprint density at radius 2 is 1.81 bits per heavy atom. The highest BCUT2D eigenvalue weighted by Crippen LogP contribution is 2.41. The normalized spacial score (nSPS) is 21.6. The van der Waals surface area contributed by atoms with E-state index in [1.54, 1.807) is 0 Å². The molecule has 0 amide bonds. The van der Waals surface area contributed by atoms with Gasteiger partial charge in [0.1, 0.15) is 0 Å². The van der Waals surface area contributed by atoms with Crippen molar-refractivity contribution in [2.24, 2.45) is 5.92 Å². The van der Waals surface area contributed by atoms with E-state index in [0.717, 1.165) is 50.9 Å². The van der Waals surface area contributed by atoms with Gasteiger partial charge in [0.2, 0.25) is 0 Å². The number of fused-ring (bicyclic) bond motifs is 2. The van der Waals surface area contributed by atoms with Gasteiger partial charge in [-0.25, -0.2) is 0 Å². The van der Waals surface area contributed by atoms with Crippen molar-refractivity contribution in [1.82, 2.24) is 4.90 Å². The molecule has 0 bridgehead atoms. The second-order valence-electron chi connectivity index (χ2n) is 7.48. The van der Waals surface area contributed by atoms with E-state index in [1.165, 1.54) is 21.2 Å². The Balaban J connectivity index is 0.000000198. The minimum absolute atomic E-state index is 0.140. The third-order valence-corrected chi connectivity index (χ3v) is 6.34. The van der Waals surface area contributed by atoms with E-state index >= 15 is 0 Å². The molecule has 1 aromatic rings. The number of carbonyl (C=O) groups is 1. The Bertz CT molecular complexity index is 812. The Kier molecular flexibility index (Phi) is 5.25.